The van der Waals surface area contributed by atoms with Crippen LogP contribution in [-0.2, 0) is 39.1 Å². The molecule has 2 saturated carbocycles. The van der Waals surface area contributed by atoms with Crippen LogP contribution in [0.4, 0.5) is 0 Å². The second kappa shape index (κ2) is 21.0. The molecule has 0 saturated heterocycles. The molecule has 211 valence electrons. The first-order chi connectivity index (χ1) is 17.5. The molecule has 4 rings (SSSR count). The van der Waals surface area contributed by atoms with Gasteiger partial charge in [0.2, 0.25) is 0 Å². The maximum absolute atomic E-state index is 9.13. The largest absolute Gasteiger partial charge is 0.655 e. The summed E-state index contributed by atoms with van der Waals surface area (Å²) in [6.07, 6.45) is 17.0. The molecule has 1 radical (unpaired) electrons. The molecule has 1 aliphatic heterocycles. The Kier molecular flexibility index (Phi) is 20.0. The van der Waals surface area contributed by atoms with E-state index in [-0.39, 0.29) is 38.8 Å². The zero-order valence-electron chi connectivity index (χ0n) is 24.6. The van der Waals surface area contributed by atoms with Crippen molar-refractivity contribution in [1.82, 2.24) is 4.90 Å². The fourth-order valence-corrected chi connectivity index (χ4v) is 6.13. The van der Waals surface area contributed by atoms with Crippen LogP contribution in [0.25, 0.3) is 5.32 Å². The summed E-state index contributed by atoms with van der Waals surface area (Å²) >= 11 is 0. The van der Waals surface area contributed by atoms with Crippen LogP contribution >= 0.6 is 0 Å². The van der Waals surface area contributed by atoms with Gasteiger partial charge < -0.3 is 15.5 Å². The molecule has 3 aliphatic rings. The Morgan fingerprint density at radius 2 is 1.57 bits per heavy atom. The molecule has 4 nitrogen and oxygen atoms in total. The second-order valence-corrected chi connectivity index (χ2v) is 11.4. The first kappa shape index (κ1) is 35.2. The molecule has 0 bridgehead atoms. The second-order valence-electron chi connectivity index (χ2n) is 11.4. The van der Waals surface area contributed by atoms with Crippen LogP contribution in [0.3, 0.4) is 0 Å². The molecule has 2 aliphatic carbocycles. The molecule has 2 unspecified atom stereocenters. The average Bonchev–Trinajstić information content (AvgIpc) is 2.93. The molecule has 5 heteroatoms. The average molecular weight is 591 g/mol. The van der Waals surface area contributed by atoms with Gasteiger partial charge in [-0.25, -0.2) is 0 Å². The monoisotopic (exact) mass is 590 g/mol. The molecule has 37 heavy (non-hydrogen) atoms. The molecular formula is C32H57N2O2Y-. The molecule has 0 amide bonds. The zero-order chi connectivity index (χ0) is 26.2. The molecule has 1 aromatic rings. The van der Waals surface area contributed by atoms with Gasteiger partial charge in [0.05, 0.1) is 12.7 Å². The van der Waals surface area contributed by atoms with E-state index in [1.165, 1.54) is 69.8 Å². The van der Waals surface area contributed by atoms with Crippen LogP contribution in [0.2, 0.25) is 0 Å². The summed E-state index contributed by atoms with van der Waals surface area (Å²) in [4.78, 5) is 2.42. The maximum Gasteiger partial charge on any atom is 0.0563 e. The Balaban J connectivity index is 0.000000292. The first-order valence-corrected chi connectivity index (χ1v) is 15.3. The molecule has 1 aromatic carbocycles. The minimum absolute atomic E-state index is 0. The van der Waals surface area contributed by atoms with Crippen molar-refractivity contribution in [3.63, 3.8) is 0 Å². The smallest absolute Gasteiger partial charge is 0.0563 e. The van der Waals surface area contributed by atoms with E-state index in [0.717, 1.165) is 50.9 Å². The summed E-state index contributed by atoms with van der Waals surface area (Å²) in [6.45, 7) is 11.7. The minimum Gasteiger partial charge on any atom is -0.655 e. The van der Waals surface area contributed by atoms with Gasteiger partial charge in [0.25, 0.3) is 0 Å². The van der Waals surface area contributed by atoms with Crippen molar-refractivity contribution in [3.8, 4) is 0 Å². The van der Waals surface area contributed by atoms with E-state index in [9.17, 15) is 0 Å². The molecular weight excluding hydrogens is 533 g/mol. The zero-order valence-corrected chi connectivity index (χ0v) is 27.4. The third kappa shape index (κ3) is 12.9. The number of benzene rings is 1. The van der Waals surface area contributed by atoms with Crippen molar-refractivity contribution < 1.29 is 42.9 Å². The van der Waals surface area contributed by atoms with Gasteiger partial charge in [-0.15, -0.1) is 12.6 Å². The number of fused-ring (bicyclic) bond motifs is 1. The van der Waals surface area contributed by atoms with E-state index < -0.39 is 0 Å². The van der Waals surface area contributed by atoms with E-state index in [1.54, 1.807) is 5.56 Å². The third-order valence-electron chi connectivity index (χ3n) is 8.42. The van der Waals surface area contributed by atoms with E-state index in [4.69, 9.17) is 15.5 Å². The number of likely N-dealkylation sites (N-methyl/N-ethyl adjacent to an activating group) is 1. The predicted molar refractivity (Wildman–Crippen MR) is 155 cm³/mol. The summed E-state index contributed by atoms with van der Waals surface area (Å²) in [5.41, 5.74) is 3.08. The van der Waals surface area contributed by atoms with Crippen molar-refractivity contribution in [1.29, 1.82) is 0 Å². The Hall–Kier alpha value is 0.164. The first-order valence-electron chi connectivity index (χ1n) is 15.3. The van der Waals surface area contributed by atoms with Crippen molar-refractivity contribution in [2.45, 2.75) is 129 Å². The quantitative estimate of drug-likeness (QED) is 0.327. The number of aliphatic hydroxyl groups excluding tert-OH is 2. The summed E-state index contributed by atoms with van der Waals surface area (Å²) < 4.78 is 0. The Morgan fingerprint density at radius 3 is 2.11 bits per heavy atom. The Labute approximate surface area is 254 Å². The summed E-state index contributed by atoms with van der Waals surface area (Å²) in [5.74, 6) is 1.25. The molecule has 2 fully saturated rings. The van der Waals surface area contributed by atoms with E-state index in [0.29, 0.717) is 18.6 Å². The number of aliphatic hydroxyl groups is 2. The van der Waals surface area contributed by atoms with Gasteiger partial charge in [-0.1, -0.05) is 121 Å². The fourth-order valence-electron chi connectivity index (χ4n) is 6.13. The van der Waals surface area contributed by atoms with Gasteiger partial charge in [-0.2, -0.15) is 0 Å². The van der Waals surface area contributed by atoms with E-state index >= 15 is 0 Å². The molecule has 2 atom stereocenters. The van der Waals surface area contributed by atoms with Gasteiger partial charge in [0.1, 0.15) is 0 Å². The van der Waals surface area contributed by atoms with Gasteiger partial charge >= 0.3 is 0 Å². The van der Waals surface area contributed by atoms with Crippen LogP contribution in [0, 0.1) is 11.8 Å². The molecule has 1 heterocycles. The van der Waals surface area contributed by atoms with Gasteiger partial charge in [-0.3, -0.25) is 4.90 Å². The molecule has 0 aromatic heterocycles. The Morgan fingerprint density at radius 1 is 0.946 bits per heavy atom. The number of rotatable bonds is 8. The number of hydrogen-bond donors (Lipinski definition) is 2. The topological polar surface area (TPSA) is 57.8 Å². The van der Waals surface area contributed by atoms with Crippen LogP contribution in [-0.4, -0.2) is 53.5 Å². The fraction of sp³-hybridized carbons (Fsp3) is 0.812. The van der Waals surface area contributed by atoms with Gasteiger partial charge in [0.15, 0.2) is 0 Å². The normalized spacial score (nSPS) is 21.1. The number of nitrogens with zero attached hydrogens (tertiary/aromatic N) is 2. The van der Waals surface area contributed by atoms with Crippen molar-refractivity contribution >= 4 is 0 Å². The molecule has 2 N–H and O–H groups in total. The van der Waals surface area contributed by atoms with Crippen molar-refractivity contribution in [2.75, 3.05) is 26.2 Å². The van der Waals surface area contributed by atoms with Crippen molar-refractivity contribution in [2.24, 2.45) is 11.8 Å². The van der Waals surface area contributed by atoms with E-state index in [2.05, 4.69) is 43.0 Å². The number of hydrogen-bond acceptors (Lipinski definition) is 3. The van der Waals surface area contributed by atoms with Crippen LogP contribution in [0.15, 0.2) is 24.3 Å². The molecule has 0 spiro atoms. The maximum atomic E-state index is 9.13. The summed E-state index contributed by atoms with van der Waals surface area (Å²) in [6, 6.07) is 10.2. The standard InChI is InChI=1S/C15H20N.C10H21NO.C7H16O.Y/c1-2-7-13(8-3-1)15-14-9-5-4-6-12(14)10-11-16-15;1-2-11(8-9-12)10-6-4-3-5-7-10;1-4-5-7(8)6(2)3;/h4-6,9,13,15H,1-3,7-8,10-11H2;10,12H,2-9H2,1H3;6-8H,4-5H2,1-3H3;/q-1;;;. The summed E-state index contributed by atoms with van der Waals surface area (Å²) in [5, 5.41) is 22.9. The van der Waals surface area contributed by atoms with Gasteiger partial charge in [-0.05, 0) is 43.7 Å². The van der Waals surface area contributed by atoms with Crippen molar-refractivity contribution in [3.05, 3.63) is 40.7 Å². The van der Waals surface area contributed by atoms with E-state index in [1.807, 2.05) is 13.8 Å². The summed E-state index contributed by atoms with van der Waals surface area (Å²) in [7, 11) is 0. The Bertz CT molecular complexity index is 672. The van der Waals surface area contributed by atoms with Crippen LogP contribution < -0.4 is 0 Å². The third-order valence-corrected chi connectivity index (χ3v) is 8.42. The minimum atomic E-state index is -0.0833. The SMILES string of the molecule is CCCC(O)C(C)C.CCN(CCO)C1CCCCC1.[Y].c1ccc2c(c1)CC[N-]C2C1CCCCC1. The van der Waals surface area contributed by atoms with Crippen LogP contribution in [0.5, 0.6) is 0 Å². The van der Waals surface area contributed by atoms with Gasteiger partial charge in [0, 0.05) is 45.3 Å². The predicted octanol–water partition coefficient (Wildman–Crippen LogP) is 7.67. The van der Waals surface area contributed by atoms with Crippen LogP contribution in [0.1, 0.15) is 122 Å².